The Bertz CT molecular complexity index is 1330. The number of aliphatic carboxylic acids is 2. The van der Waals surface area contributed by atoms with Crippen LogP contribution in [0.3, 0.4) is 0 Å². The molecule has 3 aromatic rings. The van der Waals surface area contributed by atoms with Crippen LogP contribution in [-0.2, 0) is 9.59 Å². The summed E-state index contributed by atoms with van der Waals surface area (Å²) in [4.78, 5) is 54.0. The zero-order valence-electron chi connectivity index (χ0n) is 21.0. The summed E-state index contributed by atoms with van der Waals surface area (Å²) >= 11 is 0. The molecule has 0 spiro atoms. The molecular formula is C26H27N5O7. The molecule has 1 amide bonds. The SMILES string of the molecule is Cc1nc(-c2ccccc2)nc(-c2cccc([N+](=O)[O-])c2)c1C(=O)NCCN(C)C.O=C(O)C=CC(=O)O. The minimum Gasteiger partial charge on any atom is -0.478 e. The number of carboxylic acid groups (broad SMARTS) is 2. The van der Waals surface area contributed by atoms with Crippen molar-refractivity contribution in [3.63, 3.8) is 0 Å². The van der Waals surface area contributed by atoms with E-state index in [1.165, 1.54) is 12.1 Å². The third-order valence-electron chi connectivity index (χ3n) is 4.89. The van der Waals surface area contributed by atoms with Crippen molar-refractivity contribution in [2.45, 2.75) is 6.92 Å². The van der Waals surface area contributed by atoms with Crippen LogP contribution < -0.4 is 5.32 Å². The van der Waals surface area contributed by atoms with Gasteiger partial charge in [0, 0.05) is 48.5 Å². The highest BCUT2D eigenvalue weighted by Gasteiger charge is 2.21. The lowest BCUT2D eigenvalue weighted by atomic mass is 10.0. The molecule has 12 nitrogen and oxygen atoms in total. The first-order chi connectivity index (χ1) is 18.0. The fraction of sp³-hybridized carbons (Fsp3) is 0.192. The van der Waals surface area contributed by atoms with Crippen molar-refractivity contribution in [1.82, 2.24) is 20.2 Å². The molecule has 198 valence electrons. The van der Waals surface area contributed by atoms with E-state index >= 15 is 0 Å². The van der Waals surface area contributed by atoms with Crippen LogP contribution in [0.2, 0.25) is 0 Å². The maximum absolute atomic E-state index is 13.0. The number of nitrogens with one attached hydrogen (secondary N) is 1. The monoisotopic (exact) mass is 521 g/mol. The zero-order chi connectivity index (χ0) is 28.2. The summed E-state index contributed by atoms with van der Waals surface area (Å²) in [5.74, 6) is -2.37. The average Bonchev–Trinajstić information content (AvgIpc) is 2.87. The third-order valence-corrected chi connectivity index (χ3v) is 4.89. The van der Waals surface area contributed by atoms with Crippen LogP contribution in [0.1, 0.15) is 16.1 Å². The topological polar surface area (TPSA) is 176 Å². The van der Waals surface area contributed by atoms with Crippen LogP contribution in [0.5, 0.6) is 0 Å². The quantitative estimate of drug-likeness (QED) is 0.215. The number of carbonyl (C=O) groups is 3. The summed E-state index contributed by atoms with van der Waals surface area (Å²) in [6, 6.07) is 15.5. The van der Waals surface area contributed by atoms with Gasteiger partial charge < -0.3 is 20.4 Å². The van der Waals surface area contributed by atoms with Gasteiger partial charge in [-0.1, -0.05) is 42.5 Å². The predicted octanol–water partition coefficient (Wildman–Crippen LogP) is 3.03. The Labute approximate surface area is 218 Å². The number of non-ortho nitro benzene ring substituents is 1. The number of rotatable bonds is 9. The highest BCUT2D eigenvalue weighted by Crippen LogP contribution is 2.29. The first-order valence-electron chi connectivity index (χ1n) is 11.2. The summed E-state index contributed by atoms with van der Waals surface area (Å²) in [6.07, 6.45) is 1.12. The molecule has 2 aromatic carbocycles. The third kappa shape index (κ3) is 8.91. The van der Waals surface area contributed by atoms with Gasteiger partial charge >= 0.3 is 11.9 Å². The Kier molecular flexibility index (Phi) is 10.7. The van der Waals surface area contributed by atoms with E-state index in [2.05, 4.69) is 15.3 Å². The molecule has 0 unspecified atom stereocenters. The lowest BCUT2D eigenvalue weighted by Crippen LogP contribution is -2.32. The number of likely N-dealkylation sites (N-methyl/N-ethyl adjacent to an activating group) is 1. The number of aryl methyl sites for hydroxylation is 1. The number of carbonyl (C=O) groups excluding carboxylic acids is 1. The Morgan fingerprint density at radius 1 is 0.974 bits per heavy atom. The lowest BCUT2D eigenvalue weighted by molar-refractivity contribution is -0.384. The van der Waals surface area contributed by atoms with Crippen molar-refractivity contribution >= 4 is 23.5 Å². The van der Waals surface area contributed by atoms with E-state index in [0.29, 0.717) is 53.6 Å². The number of amides is 1. The molecule has 0 aliphatic rings. The first-order valence-corrected chi connectivity index (χ1v) is 11.2. The molecule has 0 bridgehead atoms. The van der Waals surface area contributed by atoms with E-state index in [4.69, 9.17) is 10.2 Å². The van der Waals surface area contributed by atoms with Crippen molar-refractivity contribution in [1.29, 1.82) is 0 Å². The molecule has 0 saturated heterocycles. The number of aromatic nitrogens is 2. The van der Waals surface area contributed by atoms with Gasteiger partial charge in [-0.05, 0) is 21.0 Å². The summed E-state index contributed by atoms with van der Waals surface area (Å²) in [5, 5.41) is 29.8. The molecular weight excluding hydrogens is 494 g/mol. The van der Waals surface area contributed by atoms with Crippen LogP contribution in [0.15, 0.2) is 66.7 Å². The number of carboxylic acids is 2. The number of hydrogen-bond donors (Lipinski definition) is 3. The predicted molar refractivity (Wildman–Crippen MR) is 140 cm³/mol. The van der Waals surface area contributed by atoms with Crippen molar-refractivity contribution in [2.75, 3.05) is 27.2 Å². The molecule has 1 aromatic heterocycles. The van der Waals surface area contributed by atoms with Crippen LogP contribution >= 0.6 is 0 Å². The number of nitro groups is 1. The van der Waals surface area contributed by atoms with Gasteiger partial charge in [0.05, 0.1) is 21.9 Å². The molecule has 0 saturated carbocycles. The second-order valence-electron chi connectivity index (χ2n) is 8.10. The van der Waals surface area contributed by atoms with Gasteiger partial charge in [0.25, 0.3) is 11.6 Å². The molecule has 3 rings (SSSR count). The van der Waals surface area contributed by atoms with Crippen LogP contribution in [0, 0.1) is 17.0 Å². The molecule has 12 heteroatoms. The number of hydrogen-bond acceptors (Lipinski definition) is 8. The van der Waals surface area contributed by atoms with Gasteiger partial charge in [-0.3, -0.25) is 14.9 Å². The van der Waals surface area contributed by atoms with Crippen LogP contribution in [0.4, 0.5) is 5.69 Å². The minimum atomic E-state index is -1.26. The van der Waals surface area contributed by atoms with Gasteiger partial charge in [-0.25, -0.2) is 19.6 Å². The van der Waals surface area contributed by atoms with Crippen molar-refractivity contribution in [3.8, 4) is 22.6 Å². The molecule has 0 aliphatic carbocycles. The largest absolute Gasteiger partial charge is 0.478 e. The molecule has 1 heterocycles. The fourth-order valence-electron chi connectivity index (χ4n) is 3.16. The van der Waals surface area contributed by atoms with Gasteiger partial charge in [0.1, 0.15) is 0 Å². The van der Waals surface area contributed by atoms with Gasteiger partial charge in [-0.2, -0.15) is 0 Å². The maximum atomic E-state index is 13.0. The first kappa shape index (κ1) is 29.3. The van der Waals surface area contributed by atoms with Gasteiger partial charge in [-0.15, -0.1) is 0 Å². The molecule has 38 heavy (non-hydrogen) atoms. The standard InChI is InChI=1S/C22H23N5O3.C4H4O4/c1-15-19(22(28)23-12-13-26(2)3)20(17-10-7-11-18(14-17)27(29)30)25-21(24-15)16-8-5-4-6-9-16;5-3(6)1-2-4(7)8/h4-11,14H,12-13H2,1-3H3,(H,23,28);1-2H,(H,5,6)(H,7,8). The van der Waals surface area contributed by atoms with E-state index in [9.17, 15) is 24.5 Å². The van der Waals surface area contributed by atoms with E-state index in [1.807, 2.05) is 49.3 Å². The smallest absolute Gasteiger partial charge is 0.328 e. The Balaban J connectivity index is 0.000000550. The fourth-order valence-corrected chi connectivity index (χ4v) is 3.16. The summed E-state index contributed by atoms with van der Waals surface area (Å²) in [6.45, 7) is 2.88. The zero-order valence-corrected chi connectivity index (χ0v) is 21.0. The number of nitrogens with zero attached hydrogens (tertiary/aromatic N) is 4. The van der Waals surface area contributed by atoms with Crippen LogP contribution in [-0.4, -0.2) is 75.0 Å². The highest BCUT2D eigenvalue weighted by molar-refractivity contribution is 6.01. The van der Waals surface area contributed by atoms with Crippen LogP contribution in [0.25, 0.3) is 22.6 Å². The van der Waals surface area contributed by atoms with Gasteiger partial charge in [0.2, 0.25) is 0 Å². The van der Waals surface area contributed by atoms with Crippen molar-refractivity contribution in [3.05, 3.63) is 88.1 Å². The van der Waals surface area contributed by atoms with E-state index in [1.54, 1.807) is 19.1 Å². The molecule has 3 N–H and O–H groups in total. The van der Waals surface area contributed by atoms with E-state index in [-0.39, 0.29) is 11.6 Å². The highest BCUT2D eigenvalue weighted by atomic mass is 16.6. The minimum absolute atomic E-state index is 0.0657. The molecule has 0 fully saturated rings. The average molecular weight is 522 g/mol. The molecule has 0 atom stereocenters. The van der Waals surface area contributed by atoms with Crippen molar-refractivity contribution in [2.24, 2.45) is 0 Å². The Hall–Kier alpha value is -4.97. The molecule has 0 radical (unpaired) electrons. The summed E-state index contributed by atoms with van der Waals surface area (Å²) < 4.78 is 0. The van der Waals surface area contributed by atoms with E-state index < -0.39 is 16.9 Å². The van der Waals surface area contributed by atoms with Crippen molar-refractivity contribution < 1.29 is 29.5 Å². The second-order valence-corrected chi connectivity index (χ2v) is 8.10. The summed E-state index contributed by atoms with van der Waals surface area (Å²) in [7, 11) is 3.84. The lowest BCUT2D eigenvalue weighted by Gasteiger charge is -2.15. The van der Waals surface area contributed by atoms with Gasteiger partial charge in [0.15, 0.2) is 5.82 Å². The maximum Gasteiger partial charge on any atom is 0.328 e. The number of nitro benzene ring substituents is 1. The number of benzene rings is 2. The Morgan fingerprint density at radius 3 is 2.13 bits per heavy atom. The second kappa shape index (κ2) is 13.9. The normalized spacial score (nSPS) is 10.5. The Morgan fingerprint density at radius 2 is 1.58 bits per heavy atom. The summed E-state index contributed by atoms with van der Waals surface area (Å²) in [5.41, 5.74) is 2.41. The molecule has 0 aliphatic heterocycles. The van der Waals surface area contributed by atoms with E-state index in [0.717, 1.165) is 5.56 Å².